The summed E-state index contributed by atoms with van der Waals surface area (Å²) in [4.78, 5) is 29.8. The second-order valence-corrected chi connectivity index (χ2v) is 8.89. The molecule has 0 bridgehead atoms. The van der Waals surface area contributed by atoms with Crippen molar-refractivity contribution in [2.24, 2.45) is 0 Å². The monoisotopic (exact) mass is 429 g/mol. The van der Waals surface area contributed by atoms with E-state index in [-0.39, 0.29) is 11.8 Å². The second-order valence-electron chi connectivity index (χ2n) is 7.89. The number of nitrogen functional groups attached to an aromatic ring is 1. The van der Waals surface area contributed by atoms with Gasteiger partial charge in [0.1, 0.15) is 9.88 Å². The highest BCUT2D eigenvalue weighted by atomic mass is 32.1. The first-order valence-electron chi connectivity index (χ1n) is 10.4. The summed E-state index contributed by atoms with van der Waals surface area (Å²) in [5.74, 6) is 0.159. The summed E-state index contributed by atoms with van der Waals surface area (Å²) in [6, 6.07) is 15.7. The summed E-state index contributed by atoms with van der Waals surface area (Å²) in [6.45, 7) is 3.24. The molecule has 0 radical (unpaired) electrons. The number of carbonyl (C=O) groups is 1. The molecule has 1 fully saturated rings. The number of pyridine rings is 2. The molecule has 7 heteroatoms. The smallest absolute Gasteiger partial charge is 0.265 e. The van der Waals surface area contributed by atoms with Crippen LogP contribution in [-0.2, 0) is 0 Å². The quantitative estimate of drug-likeness (QED) is 0.512. The van der Waals surface area contributed by atoms with Crippen LogP contribution in [0.3, 0.4) is 0 Å². The fraction of sp³-hybridized carbons (Fsp3) is 0.250. The summed E-state index contributed by atoms with van der Waals surface area (Å²) >= 11 is 1.41. The number of fused-ring (bicyclic) bond motifs is 1. The van der Waals surface area contributed by atoms with Gasteiger partial charge in [-0.3, -0.25) is 14.8 Å². The number of hydrogen-bond acceptors (Lipinski definition) is 6. The number of thiazole rings is 1. The standard InChI is InChI=1S/C24H23N5OS/c1-15-22(31-23(27-15)20-10-4-5-11-26-20)24(30)29-12-6-8-17(14-29)21-18(25)13-16-7-2-3-9-19(16)28-21/h2-5,7,9-11,13,17H,6,8,12,14,25H2,1H3. The van der Waals surface area contributed by atoms with Crippen molar-refractivity contribution in [3.05, 3.63) is 71.0 Å². The maximum absolute atomic E-state index is 13.4. The molecule has 31 heavy (non-hydrogen) atoms. The van der Waals surface area contributed by atoms with Crippen LogP contribution in [0.2, 0.25) is 0 Å². The Labute approximate surface area is 184 Å². The average molecular weight is 430 g/mol. The van der Waals surface area contributed by atoms with E-state index in [2.05, 4.69) is 9.97 Å². The number of amides is 1. The van der Waals surface area contributed by atoms with Crippen molar-refractivity contribution in [2.75, 3.05) is 18.8 Å². The maximum Gasteiger partial charge on any atom is 0.265 e. The minimum Gasteiger partial charge on any atom is -0.397 e. The molecule has 1 aliphatic heterocycles. The molecule has 4 heterocycles. The molecule has 6 nitrogen and oxygen atoms in total. The van der Waals surface area contributed by atoms with Gasteiger partial charge < -0.3 is 10.6 Å². The van der Waals surface area contributed by atoms with Gasteiger partial charge in [-0.1, -0.05) is 24.3 Å². The van der Waals surface area contributed by atoms with E-state index in [1.165, 1.54) is 11.3 Å². The second kappa shape index (κ2) is 8.07. The fourth-order valence-electron chi connectivity index (χ4n) is 4.20. The van der Waals surface area contributed by atoms with Gasteiger partial charge in [0.25, 0.3) is 5.91 Å². The van der Waals surface area contributed by atoms with Crippen LogP contribution in [0.5, 0.6) is 0 Å². The Morgan fingerprint density at radius 1 is 1.16 bits per heavy atom. The number of likely N-dealkylation sites (tertiary alicyclic amines) is 1. The molecule has 156 valence electrons. The van der Waals surface area contributed by atoms with Crippen molar-refractivity contribution in [2.45, 2.75) is 25.7 Å². The van der Waals surface area contributed by atoms with Gasteiger partial charge >= 0.3 is 0 Å². The molecule has 2 N–H and O–H groups in total. The molecular formula is C24H23N5OS. The number of para-hydroxylation sites is 1. The summed E-state index contributed by atoms with van der Waals surface area (Å²) < 4.78 is 0. The van der Waals surface area contributed by atoms with Gasteiger partial charge in [-0.15, -0.1) is 11.3 Å². The Morgan fingerprint density at radius 2 is 2.00 bits per heavy atom. The largest absolute Gasteiger partial charge is 0.397 e. The molecule has 4 aromatic rings. The lowest BCUT2D eigenvalue weighted by Gasteiger charge is -2.33. The topological polar surface area (TPSA) is 85.0 Å². The molecule has 1 amide bonds. The minimum atomic E-state index is 0.0289. The predicted molar refractivity (Wildman–Crippen MR) is 124 cm³/mol. The van der Waals surface area contributed by atoms with Crippen molar-refractivity contribution in [1.82, 2.24) is 19.9 Å². The Morgan fingerprint density at radius 3 is 2.84 bits per heavy atom. The molecule has 0 saturated carbocycles. The zero-order valence-corrected chi connectivity index (χ0v) is 18.1. The third kappa shape index (κ3) is 3.77. The number of nitrogens with two attached hydrogens (primary N) is 1. The summed E-state index contributed by atoms with van der Waals surface area (Å²) in [7, 11) is 0. The van der Waals surface area contributed by atoms with Crippen LogP contribution < -0.4 is 5.73 Å². The van der Waals surface area contributed by atoms with Gasteiger partial charge in [0.15, 0.2) is 0 Å². The normalized spacial score (nSPS) is 16.5. The van der Waals surface area contributed by atoms with E-state index >= 15 is 0 Å². The van der Waals surface area contributed by atoms with Gasteiger partial charge in [0.2, 0.25) is 0 Å². The van der Waals surface area contributed by atoms with Crippen LogP contribution in [0, 0.1) is 6.92 Å². The molecule has 1 aliphatic rings. The predicted octanol–water partition coefficient (Wildman–Crippen LogP) is 4.66. The summed E-state index contributed by atoms with van der Waals surface area (Å²) in [5.41, 5.74) is 10.4. The van der Waals surface area contributed by atoms with Crippen LogP contribution in [0.4, 0.5) is 5.69 Å². The first-order valence-corrected chi connectivity index (χ1v) is 11.2. The third-order valence-electron chi connectivity index (χ3n) is 5.75. The van der Waals surface area contributed by atoms with Gasteiger partial charge in [-0.2, -0.15) is 0 Å². The number of aromatic nitrogens is 3. The summed E-state index contributed by atoms with van der Waals surface area (Å²) in [5, 5.41) is 1.81. The number of carbonyl (C=O) groups excluding carboxylic acids is 1. The Bertz CT molecular complexity index is 1250. The van der Waals surface area contributed by atoms with E-state index in [1.807, 2.05) is 60.4 Å². The lowest BCUT2D eigenvalue weighted by atomic mass is 9.92. The summed E-state index contributed by atoms with van der Waals surface area (Å²) in [6.07, 6.45) is 3.64. The van der Waals surface area contributed by atoms with Crippen molar-refractivity contribution in [3.8, 4) is 10.7 Å². The van der Waals surface area contributed by atoms with Crippen molar-refractivity contribution in [3.63, 3.8) is 0 Å². The molecule has 0 aliphatic carbocycles. The van der Waals surface area contributed by atoms with E-state index in [1.54, 1.807) is 6.20 Å². The first-order chi connectivity index (χ1) is 15.1. The van der Waals surface area contributed by atoms with Crippen molar-refractivity contribution in [1.29, 1.82) is 0 Å². The number of nitrogens with zero attached hydrogens (tertiary/aromatic N) is 4. The highest BCUT2D eigenvalue weighted by molar-refractivity contribution is 7.17. The minimum absolute atomic E-state index is 0.0289. The molecule has 0 spiro atoms. The van der Waals surface area contributed by atoms with Crippen molar-refractivity contribution < 1.29 is 4.79 Å². The number of benzene rings is 1. The number of rotatable bonds is 3. The molecule has 1 aromatic carbocycles. The molecule has 1 saturated heterocycles. The molecule has 3 aromatic heterocycles. The lowest BCUT2D eigenvalue weighted by Crippen LogP contribution is -2.39. The molecule has 1 unspecified atom stereocenters. The van der Waals surface area contributed by atoms with Crippen LogP contribution in [0.1, 0.15) is 39.8 Å². The number of anilines is 1. The highest BCUT2D eigenvalue weighted by Gasteiger charge is 2.30. The number of piperidine rings is 1. The van der Waals surface area contributed by atoms with Gasteiger partial charge in [0.05, 0.1) is 28.3 Å². The van der Waals surface area contributed by atoms with E-state index in [0.29, 0.717) is 17.1 Å². The zero-order valence-electron chi connectivity index (χ0n) is 17.3. The maximum atomic E-state index is 13.4. The average Bonchev–Trinajstić information content (AvgIpc) is 3.20. The van der Waals surface area contributed by atoms with Crippen LogP contribution in [0.15, 0.2) is 54.7 Å². The van der Waals surface area contributed by atoms with Gasteiger partial charge in [-0.25, -0.2) is 4.98 Å². The van der Waals surface area contributed by atoms with E-state index in [0.717, 1.165) is 52.4 Å². The lowest BCUT2D eigenvalue weighted by molar-refractivity contribution is 0.0710. The zero-order chi connectivity index (χ0) is 21.4. The van der Waals surface area contributed by atoms with E-state index in [4.69, 9.17) is 10.7 Å². The number of aryl methyl sites for hydroxylation is 1. The van der Waals surface area contributed by atoms with E-state index in [9.17, 15) is 4.79 Å². The molecule has 1 atom stereocenters. The van der Waals surface area contributed by atoms with Gasteiger partial charge in [-0.05, 0) is 44.0 Å². The fourth-order valence-corrected chi connectivity index (χ4v) is 5.21. The van der Waals surface area contributed by atoms with Crippen molar-refractivity contribution >= 4 is 33.8 Å². The van der Waals surface area contributed by atoms with Gasteiger partial charge in [0, 0.05) is 30.6 Å². The van der Waals surface area contributed by atoms with Crippen LogP contribution in [0.25, 0.3) is 21.6 Å². The highest BCUT2D eigenvalue weighted by Crippen LogP contribution is 2.33. The third-order valence-corrected chi connectivity index (χ3v) is 6.92. The molecular weight excluding hydrogens is 406 g/mol. The Hall–Kier alpha value is -3.32. The molecule has 5 rings (SSSR count). The Balaban J connectivity index is 1.40. The Kier molecular flexibility index (Phi) is 5.11. The SMILES string of the molecule is Cc1nc(-c2ccccn2)sc1C(=O)N1CCCC(c2nc3ccccc3cc2N)C1. The van der Waals surface area contributed by atoms with E-state index < -0.39 is 0 Å². The van der Waals surface area contributed by atoms with Crippen LogP contribution in [-0.4, -0.2) is 38.8 Å². The number of hydrogen-bond donors (Lipinski definition) is 1. The van der Waals surface area contributed by atoms with Crippen LogP contribution >= 0.6 is 11.3 Å². The first kappa shape index (κ1) is 19.6.